The highest BCUT2D eigenvalue weighted by Gasteiger charge is 2.32. The molecule has 1 fully saturated rings. The molecule has 1 aromatic heterocycles. The van der Waals surface area contributed by atoms with Crippen LogP contribution in [-0.2, 0) is 17.5 Å². The molecule has 1 aliphatic rings. The Hall–Kier alpha value is -2.19. The number of aryl methyl sites for hydroxylation is 1. The molecule has 3 rings (SSSR count). The summed E-state index contributed by atoms with van der Waals surface area (Å²) >= 11 is 0. The Balaban J connectivity index is 1.78. The summed E-state index contributed by atoms with van der Waals surface area (Å²) in [6.45, 7) is 5.44. The minimum absolute atomic E-state index is 0.0946. The molecule has 0 radical (unpaired) electrons. The van der Waals surface area contributed by atoms with Crippen LogP contribution in [0, 0.1) is 6.92 Å². The van der Waals surface area contributed by atoms with Gasteiger partial charge in [-0.1, -0.05) is 0 Å². The summed E-state index contributed by atoms with van der Waals surface area (Å²) < 4.78 is 43.9. The third-order valence-electron chi connectivity index (χ3n) is 4.53. The summed E-state index contributed by atoms with van der Waals surface area (Å²) in [5.74, 6) is -0.465. The minimum atomic E-state index is -4.51. The van der Waals surface area contributed by atoms with Crippen LogP contribution in [0.2, 0.25) is 0 Å². The van der Waals surface area contributed by atoms with Gasteiger partial charge in [0.2, 0.25) is 0 Å². The molecule has 0 aliphatic carbocycles. The number of nitrogens with zero attached hydrogens (tertiary/aromatic N) is 2. The van der Waals surface area contributed by atoms with E-state index in [4.69, 9.17) is 4.74 Å². The summed E-state index contributed by atoms with van der Waals surface area (Å²) in [4.78, 5) is 0. The number of alkyl halides is 3. The van der Waals surface area contributed by atoms with Gasteiger partial charge in [-0.3, -0.25) is 0 Å². The molecule has 0 bridgehead atoms. The second-order valence-electron chi connectivity index (χ2n) is 6.81. The van der Waals surface area contributed by atoms with Gasteiger partial charge in [-0.15, -0.1) is 0 Å². The van der Waals surface area contributed by atoms with Crippen molar-refractivity contribution in [3.05, 3.63) is 41.1 Å². The fourth-order valence-electron chi connectivity index (χ4n) is 2.96. The molecule has 0 saturated carbocycles. The Morgan fingerprint density at radius 2 is 2.04 bits per heavy atom. The van der Waals surface area contributed by atoms with Gasteiger partial charge < -0.3 is 15.2 Å². The number of ether oxygens (including phenoxy) is 1. The van der Waals surface area contributed by atoms with Crippen molar-refractivity contribution in [2.24, 2.45) is 0 Å². The van der Waals surface area contributed by atoms with E-state index in [2.05, 4.69) is 22.4 Å². The van der Waals surface area contributed by atoms with Crippen molar-refractivity contribution in [3.8, 4) is 17.0 Å². The summed E-state index contributed by atoms with van der Waals surface area (Å²) in [7, 11) is 0. The number of aromatic nitrogens is 2. The third-order valence-corrected chi connectivity index (χ3v) is 4.53. The first-order valence-corrected chi connectivity index (χ1v) is 8.24. The average Bonchev–Trinajstić information content (AvgIpc) is 3.00. The molecule has 2 aromatic rings. The van der Waals surface area contributed by atoms with Crippen molar-refractivity contribution in [2.75, 3.05) is 13.2 Å². The maximum Gasteiger partial charge on any atom is 0.416 e. The quantitative estimate of drug-likeness (QED) is 0.867. The van der Waals surface area contributed by atoms with Gasteiger partial charge in [0, 0.05) is 24.3 Å². The number of phenols is 1. The summed E-state index contributed by atoms with van der Waals surface area (Å²) in [5.41, 5.74) is 0.577. The van der Waals surface area contributed by atoms with E-state index in [1.807, 2.05) is 0 Å². The van der Waals surface area contributed by atoms with Crippen LogP contribution in [0.1, 0.15) is 30.2 Å². The molecule has 0 amide bonds. The largest absolute Gasteiger partial charge is 0.507 e. The maximum atomic E-state index is 12.8. The summed E-state index contributed by atoms with van der Waals surface area (Å²) in [5, 5.41) is 21.6. The van der Waals surface area contributed by atoms with Crippen molar-refractivity contribution in [3.63, 3.8) is 0 Å². The molecule has 0 spiro atoms. The normalized spacial score (nSPS) is 20.5. The van der Waals surface area contributed by atoms with E-state index in [9.17, 15) is 18.3 Å². The van der Waals surface area contributed by atoms with Crippen LogP contribution in [0.5, 0.6) is 5.75 Å². The van der Waals surface area contributed by atoms with Crippen LogP contribution in [0.3, 0.4) is 0 Å². The van der Waals surface area contributed by atoms with E-state index in [1.165, 1.54) is 6.92 Å². The fourth-order valence-corrected chi connectivity index (χ4v) is 2.96. The number of benzene rings is 1. The number of hydrogen-bond donors (Lipinski definition) is 2. The first kappa shape index (κ1) is 18.6. The molecule has 1 atom stereocenters. The number of aromatic hydroxyl groups is 1. The predicted octanol–water partition coefficient (Wildman–Crippen LogP) is 3.45. The van der Waals surface area contributed by atoms with Crippen LogP contribution >= 0.6 is 0 Å². The zero-order valence-corrected chi connectivity index (χ0v) is 14.5. The van der Waals surface area contributed by atoms with Crippen molar-refractivity contribution < 1.29 is 23.0 Å². The van der Waals surface area contributed by atoms with Gasteiger partial charge >= 0.3 is 6.18 Å². The lowest BCUT2D eigenvalue weighted by Crippen LogP contribution is -2.42. The van der Waals surface area contributed by atoms with Crippen LogP contribution < -0.4 is 5.32 Å². The number of hydrogen-bond acceptors (Lipinski definition) is 5. The molecule has 5 nitrogen and oxygen atoms in total. The molecule has 1 aromatic carbocycles. The first-order valence-electron chi connectivity index (χ1n) is 8.24. The van der Waals surface area contributed by atoms with Crippen molar-refractivity contribution in [2.45, 2.75) is 38.5 Å². The van der Waals surface area contributed by atoms with E-state index in [0.717, 1.165) is 19.1 Å². The van der Waals surface area contributed by atoms with Gasteiger partial charge in [0.1, 0.15) is 5.75 Å². The summed E-state index contributed by atoms with van der Waals surface area (Å²) in [6.07, 6.45) is -3.60. The highest BCUT2D eigenvalue weighted by Crippen LogP contribution is 2.38. The molecular weight excluding hydrogens is 347 g/mol. The summed E-state index contributed by atoms with van der Waals surface area (Å²) in [6, 6.07) is 5.09. The van der Waals surface area contributed by atoms with E-state index >= 15 is 0 Å². The maximum absolute atomic E-state index is 12.8. The van der Waals surface area contributed by atoms with Crippen LogP contribution in [0.4, 0.5) is 13.2 Å². The highest BCUT2D eigenvalue weighted by molar-refractivity contribution is 5.71. The van der Waals surface area contributed by atoms with Crippen molar-refractivity contribution >= 4 is 0 Å². The molecule has 1 aliphatic heterocycles. The van der Waals surface area contributed by atoms with Gasteiger partial charge in [0.15, 0.2) is 0 Å². The van der Waals surface area contributed by atoms with Gasteiger partial charge in [-0.05, 0) is 50.1 Å². The Morgan fingerprint density at radius 1 is 1.27 bits per heavy atom. The molecule has 26 heavy (non-hydrogen) atoms. The minimum Gasteiger partial charge on any atom is -0.507 e. The zero-order valence-electron chi connectivity index (χ0n) is 14.5. The van der Waals surface area contributed by atoms with Gasteiger partial charge in [0.25, 0.3) is 0 Å². The van der Waals surface area contributed by atoms with Crippen LogP contribution in [0.15, 0.2) is 24.3 Å². The smallest absolute Gasteiger partial charge is 0.416 e. The molecular formula is C18H20F3N3O2. The molecule has 8 heteroatoms. The number of nitrogens with one attached hydrogen (secondary N) is 1. The Labute approximate surface area is 149 Å². The molecule has 2 N–H and O–H groups in total. The van der Waals surface area contributed by atoms with Gasteiger partial charge in [-0.2, -0.15) is 23.4 Å². The molecule has 140 valence electrons. The molecule has 2 heterocycles. The number of phenolic OH excluding ortho intramolecular Hbond substituents is 1. The van der Waals surface area contributed by atoms with Crippen molar-refractivity contribution in [1.29, 1.82) is 0 Å². The van der Waals surface area contributed by atoms with E-state index in [-0.39, 0.29) is 16.7 Å². The van der Waals surface area contributed by atoms with E-state index in [0.29, 0.717) is 30.6 Å². The third kappa shape index (κ3) is 3.96. The Bertz CT molecular complexity index is 762. The Kier molecular flexibility index (Phi) is 4.90. The number of halogens is 3. The van der Waals surface area contributed by atoms with E-state index in [1.54, 1.807) is 12.1 Å². The SMILES string of the molecule is Cc1cc(C(F)(F)F)cc(O)c1-c1ccc(CNC2(C)CCOC2)nn1. The average molecular weight is 367 g/mol. The van der Waals surface area contributed by atoms with E-state index < -0.39 is 17.5 Å². The lowest BCUT2D eigenvalue weighted by Gasteiger charge is -2.23. The van der Waals surface area contributed by atoms with Crippen LogP contribution in [0.25, 0.3) is 11.3 Å². The predicted molar refractivity (Wildman–Crippen MR) is 89.6 cm³/mol. The van der Waals surface area contributed by atoms with Gasteiger partial charge in [-0.25, -0.2) is 0 Å². The zero-order chi connectivity index (χ0) is 18.9. The fraction of sp³-hybridized carbons (Fsp3) is 0.444. The monoisotopic (exact) mass is 367 g/mol. The van der Waals surface area contributed by atoms with Gasteiger partial charge in [0.05, 0.1) is 23.6 Å². The first-order chi connectivity index (χ1) is 12.2. The second kappa shape index (κ2) is 6.85. The second-order valence-corrected chi connectivity index (χ2v) is 6.81. The van der Waals surface area contributed by atoms with Crippen molar-refractivity contribution in [1.82, 2.24) is 15.5 Å². The van der Waals surface area contributed by atoms with Crippen LogP contribution in [-0.4, -0.2) is 34.1 Å². The standard InChI is InChI=1S/C18H20F3N3O2/c1-11-7-12(18(19,20)21)8-15(25)16(11)14-4-3-13(23-24-14)9-22-17(2)5-6-26-10-17/h3-4,7-8,22,25H,5-6,9-10H2,1-2H3. The molecule has 1 unspecified atom stereocenters. The Morgan fingerprint density at radius 3 is 2.58 bits per heavy atom. The lowest BCUT2D eigenvalue weighted by molar-refractivity contribution is -0.137. The molecule has 1 saturated heterocycles. The number of rotatable bonds is 4. The highest BCUT2D eigenvalue weighted by atomic mass is 19.4. The lowest BCUT2D eigenvalue weighted by atomic mass is 10.0. The topological polar surface area (TPSA) is 67.3 Å².